The molecular formula is C16H16N4O2. The van der Waals surface area contributed by atoms with Gasteiger partial charge in [-0.2, -0.15) is 0 Å². The van der Waals surface area contributed by atoms with Crippen LogP contribution in [-0.2, 0) is 4.79 Å². The first-order valence-electron chi connectivity index (χ1n) is 6.85. The monoisotopic (exact) mass is 296 g/mol. The van der Waals surface area contributed by atoms with Crippen LogP contribution in [0.5, 0.6) is 5.75 Å². The number of hydrogen-bond acceptors (Lipinski definition) is 5. The number of nitrogens with two attached hydrogens (primary N) is 1. The normalized spacial score (nSPS) is 12.7. The molecule has 1 amide bonds. The van der Waals surface area contributed by atoms with Crippen molar-refractivity contribution in [2.45, 2.75) is 6.92 Å². The summed E-state index contributed by atoms with van der Waals surface area (Å²) >= 11 is 0. The third-order valence-corrected chi connectivity index (χ3v) is 3.10. The summed E-state index contributed by atoms with van der Waals surface area (Å²) in [5.41, 5.74) is 8.74. The average molecular weight is 296 g/mol. The van der Waals surface area contributed by atoms with Gasteiger partial charge < -0.3 is 21.1 Å². The lowest BCUT2D eigenvalue weighted by molar-refractivity contribution is -0.114. The van der Waals surface area contributed by atoms with Crippen molar-refractivity contribution in [2.75, 3.05) is 23.0 Å². The maximum atomic E-state index is 11.0. The predicted molar refractivity (Wildman–Crippen MR) is 87.8 cm³/mol. The van der Waals surface area contributed by atoms with Gasteiger partial charge in [0, 0.05) is 30.1 Å². The van der Waals surface area contributed by atoms with Crippen molar-refractivity contribution in [3.05, 3.63) is 42.5 Å². The van der Waals surface area contributed by atoms with E-state index in [0.29, 0.717) is 23.9 Å². The molecule has 0 aromatic heterocycles. The van der Waals surface area contributed by atoms with E-state index >= 15 is 0 Å². The van der Waals surface area contributed by atoms with E-state index in [1.165, 1.54) is 6.92 Å². The topological polar surface area (TPSA) is 88.7 Å². The smallest absolute Gasteiger partial charge is 0.221 e. The molecule has 3 rings (SSSR count). The highest BCUT2D eigenvalue weighted by atomic mass is 16.5. The number of benzene rings is 2. The van der Waals surface area contributed by atoms with Gasteiger partial charge in [0.25, 0.3) is 0 Å². The molecule has 6 nitrogen and oxygen atoms in total. The number of carbonyl (C=O) groups excluding carboxylic acids is 1. The lowest BCUT2D eigenvalue weighted by Crippen LogP contribution is -2.23. The molecule has 2 aromatic carbocycles. The average Bonchev–Trinajstić information content (AvgIpc) is 2.49. The molecule has 0 aliphatic carbocycles. The van der Waals surface area contributed by atoms with E-state index < -0.39 is 0 Å². The van der Waals surface area contributed by atoms with Gasteiger partial charge in [0.15, 0.2) is 0 Å². The number of ether oxygens (including phenoxy) is 1. The summed E-state index contributed by atoms with van der Waals surface area (Å²) in [6, 6.07) is 12.8. The van der Waals surface area contributed by atoms with Gasteiger partial charge in [0.1, 0.15) is 23.9 Å². The number of amidine groups is 1. The first-order valence-corrected chi connectivity index (χ1v) is 6.85. The molecule has 1 aliphatic rings. The molecular weight excluding hydrogens is 280 g/mol. The number of rotatable bonds is 2. The van der Waals surface area contributed by atoms with Gasteiger partial charge in [0.2, 0.25) is 5.91 Å². The van der Waals surface area contributed by atoms with Crippen LogP contribution in [0.1, 0.15) is 6.92 Å². The molecule has 112 valence electrons. The minimum Gasteiger partial charge on any atom is -0.483 e. The number of fused-ring (bicyclic) bond motifs is 1. The Hall–Kier alpha value is -3.02. The van der Waals surface area contributed by atoms with Crippen LogP contribution in [0.15, 0.2) is 47.5 Å². The second-order valence-electron chi connectivity index (χ2n) is 4.96. The zero-order valence-corrected chi connectivity index (χ0v) is 12.1. The van der Waals surface area contributed by atoms with Crippen LogP contribution < -0.4 is 21.1 Å². The molecule has 0 bridgehead atoms. The molecule has 0 atom stereocenters. The Balaban J connectivity index is 1.73. The Morgan fingerprint density at radius 1 is 1.18 bits per heavy atom. The number of carbonyl (C=O) groups is 1. The molecule has 22 heavy (non-hydrogen) atoms. The van der Waals surface area contributed by atoms with Crippen LogP contribution in [0.4, 0.5) is 22.7 Å². The fourth-order valence-electron chi connectivity index (χ4n) is 2.13. The molecule has 2 aromatic rings. The highest BCUT2D eigenvalue weighted by molar-refractivity contribution is 6.00. The van der Waals surface area contributed by atoms with Gasteiger partial charge >= 0.3 is 0 Å². The van der Waals surface area contributed by atoms with Crippen LogP contribution >= 0.6 is 0 Å². The Morgan fingerprint density at radius 2 is 1.91 bits per heavy atom. The van der Waals surface area contributed by atoms with Crippen molar-refractivity contribution in [3.8, 4) is 5.75 Å². The van der Waals surface area contributed by atoms with Gasteiger partial charge in [-0.3, -0.25) is 4.79 Å². The fourth-order valence-corrected chi connectivity index (χ4v) is 2.13. The number of nitrogens with one attached hydrogen (secondary N) is 2. The van der Waals surface area contributed by atoms with Crippen LogP contribution in [0.3, 0.4) is 0 Å². The van der Waals surface area contributed by atoms with Crippen LogP contribution in [0, 0.1) is 0 Å². The molecule has 1 aliphatic heterocycles. The third kappa shape index (κ3) is 3.17. The Morgan fingerprint density at radius 3 is 2.64 bits per heavy atom. The van der Waals surface area contributed by atoms with Crippen molar-refractivity contribution >= 4 is 34.5 Å². The second kappa shape index (κ2) is 5.77. The van der Waals surface area contributed by atoms with E-state index in [-0.39, 0.29) is 5.91 Å². The molecule has 0 saturated heterocycles. The molecule has 4 N–H and O–H groups in total. The predicted octanol–water partition coefficient (Wildman–Crippen LogP) is 2.76. The largest absolute Gasteiger partial charge is 0.483 e. The van der Waals surface area contributed by atoms with E-state index in [4.69, 9.17) is 10.5 Å². The number of amides is 1. The number of anilines is 3. The van der Waals surface area contributed by atoms with Gasteiger partial charge in [-0.05, 0) is 36.4 Å². The zero-order chi connectivity index (χ0) is 15.5. The van der Waals surface area contributed by atoms with Crippen molar-refractivity contribution in [1.29, 1.82) is 0 Å². The number of hydrogen-bond donors (Lipinski definition) is 3. The summed E-state index contributed by atoms with van der Waals surface area (Å²) in [7, 11) is 0. The highest BCUT2D eigenvalue weighted by Crippen LogP contribution is 2.32. The first kappa shape index (κ1) is 13.9. The van der Waals surface area contributed by atoms with Crippen LogP contribution in [0.2, 0.25) is 0 Å². The Kier molecular flexibility index (Phi) is 3.65. The van der Waals surface area contributed by atoms with Crippen molar-refractivity contribution in [1.82, 2.24) is 0 Å². The maximum absolute atomic E-state index is 11.0. The molecule has 0 spiro atoms. The van der Waals surface area contributed by atoms with Gasteiger partial charge in [0.05, 0.1) is 0 Å². The number of nitrogens with zero attached hydrogens (tertiary/aromatic N) is 1. The lowest BCUT2D eigenvalue weighted by atomic mass is 10.2. The quantitative estimate of drug-likeness (QED) is 0.743. The summed E-state index contributed by atoms with van der Waals surface area (Å²) < 4.78 is 5.64. The van der Waals surface area contributed by atoms with Gasteiger partial charge in [-0.1, -0.05) is 0 Å². The molecule has 6 heteroatoms. The summed E-state index contributed by atoms with van der Waals surface area (Å²) in [6.45, 7) is 1.83. The molecule has 1 heterocycles. The van der Waals surface area contributed by atoms with Crippen LogP contribution in [-0.4, -0.2) is 18.3 Å². The van der Waals surface area contributed by atoms with Crippen molar-refractivity contribution in [3.63, 3.8) is 0 Å². The molecule has 0 saturated carbocycles. The number of nitrogen functional groups attached to an aromatic ring is 1. The van der Waals surface area contributed by atoms with E-state index in [9.17, 15) is 4.79 Å². The first-order chi connectivity index (χ1) is 10.6. The van der Waals surface area contributed by atoms with Crippen molar-refractivity contribution in [2.24, 2.45) is 4.99 Å². The summed E-state index contributed by atoms with van der Waals surface area (Å²) in [5, 5.41) is 5.92. The summed E-state index contributed by atoms with van der Waals surface area (Å²) in [4.78, 5) is 15.5. The summed E-state index contributed by atoms with van der Waals surface area (Å²) in [6.07, 6.45) is 0. The van der Waals surface area contributed by atoms with Crippen LogP contribution in [0.25, 0.3) is 0 Å². The highest BCUT2D eigenvalue weighted by Gasteiger charge is 2.13. The van der Waals surface area contributed by atoms with E-state index in [0.717, 1.165) is 17.1 Å². The second-order valence-corrected chi connectivity index (χ2v) is 4.96. The maximum Gasteiger partial charge on any atom is 0.221 e. The van der Waals surface area contributed by atoms with Crippen molar-refractivity contribution < 1.29 is 9.53 Å². The van der Waals surface area contributed by atoms with E-state index in [2.05, 4.69) is 15.6 Å². The zero-order valence-electron chi connectivity index (χ0n) is 12.1. The SMILES string of the molecule is CC(=O)Nc1ccc(NC2=Nc3ccc(N)cc3OC2)cc1. The van der Waals surface area contributed by atoms with Gasteiger partial charge in [-0.25, -0.2) is 4.99 Å². The van der Waals surface area contributed by atoms with E-state index in [1.807, 2.05) is 30.3 Å². The molecule has 0 radical (unpaired) electrons. The third-order valence-electron chi connectivity index (χ3n) is 3.10. The minimum atomic E-state index is -0.0957. The minimum absolute atomic E-state index is 0.0957. The Labute approximate surface area is 128 Å². The van der Waals surface area contributed by atoms with E-state index in [1.54, 1.807) is 12.1 Å². The Bertz CT molecular complexity index is 738. The number of aliphatic imine (C=N–C) groups is 1. The summed E-state index contributed by atoms with van der Waals surface area (Å²) in [5.74, 6) is 1.30. The van der Waals surface area contributed by atoms with Gasteiger partial charge in [-0.15, -0.1) is 0 Å². The standard InChI is InChI=1S/C16H16N4O2/c1-10(21)18-12-3-5-13(6-4-12)19-16-9-22-15-8-11(17)2-7-14(15)20-16/h2-8H,9,17H2,1H3,(H,18,21)(H,19,20). The fraction of sp³-hybridized carbons (Fsp3) is 0.125. The molecule has 0 fully saturated rings. The lowest BCUT2D eigenvalue weighted by Gasteiger charge is -2.18. The molecule has 0 unspecified atom stereocenters.